The Morgan fingerprint density at radius 3 is 2.53 bits per heavy atom. The molecule has 0 bridgehead atoms. The van der Waals surface area contributed by atoms with Crippen molar-refractivity contribution in [2.24, 2.45) is 5.84 Å². The van der Waals surface area contributed by atoms with Crippen molar-refractivity contribution in [1.29, 1.82) is 0 Å². The molecule has 8 heteroatoms. The molecule has 2 N–H and O–H groups in total. The summed E-state index contributed by atoms with van der Waals surface area (Å²) in [7, 11) is -3.87. The Bertz CT molecular complexity index is 541. The SMILES string of the molecule is CCN(N)S(=O)(=O)c1cc([N+](=O)[O-])ccc1C. The highest BCUT2D eigenvalue weighted by atomic mass is 32.2. The lowest BCUT2D eigenvalue weighted by molar-refractivity contribution is -0.385. The molecule has 0 saturated heterocycles. The number of non-ortho nitro benzene ring substituents is 1. The first-order chi connectivity index (χ1) is 7.80. The van der Waals surface area contributed by atoms with Gasteiger partial charge in [0.2, 0.25) is 0 Å². The number of hydrazine groups is 1. The van der Waals surface area contributed by atoms with Gasteiger partial charge in [-0.2, -0.15) is 0 Å². The summed E-state index contributed by atoms with van der Waals surface area (Å²) >= 11 is 0. The molecule has 0 unspecified atom stereocenters. The lowest BCUT2D eigenvalue weighted by Gasteiger charge is -2.15. The van der Waals surface area contributed by atoms with Gasteiger partial charge in [0.05, 0.1) is 9.82 Å². The van der Waals surface area contributed by atoms with Crippen LogP contribution in [-0.2, 0) is 10.0 Å². The predicted octanol–water partition coefficient (Wildman–Crippen LogP) is 0.788. The maximum absolute atomic E-state index is 11.9. The number of nitro benzene ring substituents is 1. The van der Waals surface area contributed by atoms with Gasteiger partial charge in [0.25, 0.3) is 15.7 Å². The molecule has 0 spiro atoms. The number of nitro groups is 1. The number of nitrogens with zero attached hydrogens (tertiary/aromatic N) is 2. The van der Waals surface area contributed by atoms with Crippen LogP contribution in [0.15, 0.2) is 23.1 Å². The molecule has 17 heavy (non-hydrogen) atoms. The molecule has 0 aliphatic carbocycles. The molecule has 0 fully saturated rings. The van der Waals surface area contributed by atoms with Gasteiger partial charge in [-0.05, 0) is 19.4 Å². The summed E-state index contributed by atoms with van der Waals surface area (Å²) in [5.41, 5.74) is 0.137. The summed E-state index contributed by atoms with van der Waals surface area (Å²) in [6.45, 7) is 3.22. The van der Waals surface area contributed by atoms with Crippen molar-refractivity contribution in [3.63, 3.8) is 0 Å². The highest BCUT2D eigenvalue weighted by Gasteiger charge is 2.24. The van der Waals surface area contributed by atoms with Crippen molar-refractivity contribution in [2.75, 3.05) is 6.54 Å². The van der Waals surface area contributed by atoms with Crippen LogP contribution < -0.4 is 5.84 Å². The lowest BCUT2D eigenvalue weighted by Crippen LogP contribution is -2.37. The second-order valence-electron chi connectivity index (χ2n) is 3.42. The van der Waals surface area contributed by atoms with Crippen molar-refractivity contribution in [3.05, 3.63) is 33.9 Å². The molecular weight excluding hydrogens is 246 g/mol. The van der Waals surface area contributed by atoms with E-state index in [2.05, 4.69) is 0 Å². The molecule has 1 aromatic carbocycles. The molecule has 0 amide bonds. The van der Waals surface area contributed by atoms with E-state index in [1.54, 1.807) is 13.8 Å². The fraction of sp³-hybridized carbons (Fsp3) is 0.333. The molecule has 0 aliphatic rings. The summed E-state index contributed by atoms with van der Waals surface area (Å²) in [6, 6.07) is 3.65. The van der Waals surface area contributed by atoms with Crippen LogP contribution in [0.5, 0.6) is 0 Å². The van der Waals surface area contributed by atoms with E-state index in [1.807, 2.05) is 0 Å². The van der Waals surface area contributed by atoms with Crippen LogP contribution in [-0.4, -0.2) is 24.3 Å². The van der Waals surface area contributed by atoms with E-state index in [0.717, 1.165) is 6.07 Å². The average molecular weight is 259 g/mol. The molecule has 0 aromatic heterocycles. The fourth-order valence-corrected chi connectivity index (χ4v) is 2.61. The van der Waals surface area contributed by atoms with Gasteiger partial charge in [-0.15, -0.1) is 4.41 Å². The molecule has 1 rings (SSSR count). The molecule has 94 valence electrons. The molecular formula is C9H13N3O4S. The van der Waals surface area contributed by atoms with Gasteiger partial charge in [-0.3, -0.25) is 16.0 Å². The van der Waals surface area contributed by atoms with Crippen molar-refractivity contribution in [2.45, 2.75) is 18.7 Å². The zero-order valence-electron chi connectivity index (χ0n) is 9.45. The first-order valence-electron chi connectivity index (χ1n) is 4.83. The minimum atomic E-state index is -3.87. The maximum atomic E-state index is 11.9. The molecule has 1 aromatic rings. The van der Waals surface area contributed by atoms with Gasteiger partial charge in [0, 0.05) is 18.7 Å². The topological polar surface area (TPSA) is 107 Å². The number of hydrogen-bond donors (Lipinski definition) is 1. The summed E-state index contributed by atoms with van der Waals surface area (Å²) < 4.78 is 24.5. The van der Waals surface area contributed by atoms with E-state index in [9.17, 15) is 18.5 Å². The van der Waals surface area contributed by atoms with E-state index in [0.29, 0.717) is 9.98 Å². The Morgan fingerprint density at radius 1 is 1.47 bits per heavy atom. The zero-order chi connectivity index (χ0) is 13.2. The average Bonchev–Trinajstić information content (AvgIpc) is 2.27. The lowest BCUT2D eigenvalue weighted by atomic mass is 10.2. The Balaban J connectivity index is 3.40. The van der Waals surface area contributed by atoms with Gasteiger partial charge in [0.15, 0.2) is 0 Å². The second-order valence-corrected chi connectivity index (χ2v) is 5.27. The molecule has 0 saturated carbocycles. The highest BCUT2D eigenvalue weighted by Crippen LogP contribution is 2.23. The zero-order valence-corrected chi connectivity index (χ0v) is 10.3. The van der Waals surface area contributed by atoms with E-state index in [4.69, 9.17) is 5.84 Å². The minimum absolute atomic E-state index is 0.0878. The van der Waals surface area contributed by atoms with E-state index < -0.39 is 14.9 Å². The van der Waals surface area contributed by atoms with Gasteiger partial charge in [0.1, 0.15) is 0 Å². The largest absolute Gasteiger partial charge is 0.270 e. The van der Waals surface area contributed by atoms with Crippen LogP contribution in [0.2, 0.25) is 0 Å². The molecule has 7 nitrogen and oxygen atoms in total. The number of sulfonamides is 1. The fourth-order valence-electron chi connectivity index (χ4n) is 1.28. The van der Waals surface area contributed by atoms with Crippen LogP contribution in [0.4, 0.5) is 5.69 Å². The van der Waals surface area contributed by atoms with Crippen molar-refractivity contribution >= 4 is 15.7 Å². The third-order valence-corrected chi connectivity index (χ3v) is 4.15. The van der Waals surface area contributed by atoms with Gasteiger partial charge < -0.3 is 0 Å². The van der Waals surface area contributed by atoms with Crippen LogP contribution in [0.25, 0.3) is 0 Å². The highest BCUT2D eigenvalue weighted by molar-refractivity contribution is 7.89. The maximum Gasteiger partial charge on any atom is 0.270 e. The molecule has 0 atom stereocenters. The Hall–Kier alpha value is -1.51. The Labute approximate surface area is 99.0 Å². The number of hydrogen-bond acceptors (Lipinski definition) is 5. The number of aryl methyl sites for hydroxylation is 1. The Kier molecular flexibility index (Phi) is 3.81. The quantitative estimate of drug-likeness (QED) is 0.488. The van der Waals surface area contributed by atoms with Gasteiger partial charge in [-0.1, -0.05) is 6.07 Å². The second kappa shape index (κ2) is 4.78. The molecule has 0 heterocycles. The smallest absolute Gasteiger partial charge is 0.258 e. The summed E-state index contributed by atoms with van der Waals surface area (Å²) in [5.74, 6) is 5.35. The monoisotopic (exact) mass is 259 g/mol. The van der Waals surface area contributed by atoms with Gasteiger partial charge >= 0.3 is 0 Å². The first-order valence-corrected chi connectivity index (χ1v) is 6.27. The summed E-state index contributed by atoms with van der Waals surface area (Å²) in [6.07, 6.45) is 0. The number of rotatable bonds is 4. The van der Waals surface area contributed by atoms with Gasteiger partial charge in [-0.25, -0.2) is 8.42 Å². The minimum Gasteiger partial charge on any atom is -0.258 e. The standard InChI is InChI=1S/C9H13N3O4S/c1-3-11(10)17(15,16)9-6-8(12(13)14)5-4-7(9)2/h4-6H,3,10H2,1-2H3. The summed E-state index contributed by atoms with van der Waals surface area (Å²) in [4.78, 5) is 9.81. The van der Waals surface area contributed by atoms with Crippen molar-refractivity contribution in [3.8, 4) is 0 Å². The first kappa shape index (κ1) is 13.6. The van der Waals surface area contributed by atoms with Crippen LogP contribution in [0, 0.1) is 17.0 Å². The third-order valence-electron chi connectivity index (χ3n) is 2.28. The van der Waals surface area contributed by atoms with Crippen molar-refractivity contribution in [1.82, 2.24) is 4.41 Å². The van der Waals surface area contributed by atoms with Crippen molar-refractivity contribution < 1.29 is 13.3 Å². The Morgan fingerprint density at radius 2 is 2.06 bits per heavy atom. The van der Waals surface area contributed by atoms with E-state index in [-0.39, 0.29) is 17.1 Å². The van der Waals surface area contributed by atoms with E-state index >= 15 is 0 Å². The van der Waals surface area contributed by atoms with Crippen LogP contribution >= 0.6 is 0 Å². The van der Waals surface area contributed by atoms with Crippen LogP contribution in [0.1, 0.15) is 12.5 Å². The number of nitrogens with two attached hydrogens (primary N) is 1. The number of benzene rings is 1. The van der Waals surface area contributed by atoms with Crippen LogP contribution in [0.3, 0.4) is 0 Å². The molecule has 0 aliphatic heterocycles. The summed E-state index contributed by atoms with van der Waals surface area (Å²) in [5, 5.41) is 10.6. The van der Waals surface area contributed by atoms with E-state index in [1.165, 1.54) is 12.1 Å². The third kappa shape index (κ3) is 2.60. The molecule has 0 radical (unpaired) electrons. The predicted molar refractivity (Wildman–Crippen MR) is 61.6 cm³/mol. The normalized spacial score (nSPS) is 11.8.